The van der Waals surface area contributed by atoms with Gasteiger partial charge in [0, 0.05) is 23.2 Å². The van der Waals surface area contributed by atoms with E-state index in [-0.39, 0.29) is 12.2 Å². The summed E-state index contributed by atoms with van der Waals surface area (Å²) < 4.78 is 2.14. The highest BCUT2D eigenvalue weighted by molar-refractivity contribution is 8.77. The number of nitrogens with zero attached hydrogens (tertiary/aromatic N) is 3. The van der Waals surface area contributed by atoms with Gasteiger partial charge in [0.05, 0.1) is 22.4 Å². The molecule has 0 aliphatic carbocycles. The summed E-state index contributed by atoms with van der Waals surface area (Å²) in [7, 11) is 3.37. The molecule has 3 heterocycles. The Hall–Kier alpha value is -2.32. The molecule has 1 atom stereocenters. The number of para-hydroxylation sites is 4. The highest BCUT2D eigenvalue weighted by Gasteiger charge is 2.40. The van der Waals surface area contributed by atoms with Gasteiger partial charge in [0.2, 0.25) is 11.9 Å². The van der Waals surface area contributed by atoms with Gasteiger partial charge in [-0.25, -0.2) is 4.98 Å². The van der Waals surface area contributed by atoms with Crippen molar-refractivity contribution in [3.05, 3.63) is 48.5 Å². The zero-order chi connectivity index (χ0) is 16.8. The Balaban J connectivity index is 1.66. The zero-order valence-electron chi connectivity index (χ0n) is 13.2. The van der Waals surface area contributed by atoms with E-state index in [1.54, 1.807) is 21.8 Å². The molecule has 1 aromatic heterocycles. The number of H-pyrrole nitrogens is 1. The summed E-state index contributed by atoms with van der Waals surface area (Å²) in [5, 5.41) is 3.14. The molecule has 8 heteroatoms. The zero-order valence-corrected chi connectivity index (χ0v) is 14.8. The van der Waals surface area contributed by atoms with Crippen LogP contribution in [0, 0.1) is 0 Å². The van der Waals surface area contributed by atoms with E-state index in [0.717, 1.165) is 34.1 Å². The van der Waals surface area contributed by atoms with Crippen molar-refractivity contribution in [3.63, 3.8) is 0 Å². The SMILES string of the molecule is O=C1CCSSN2c3ccccc3N(c3nc4ccccc4[nH]3)C2N1. The lowest BCUT2D eigenvalue weighted by atomic mass is 10.3. The van der Waals surface area contributed by atoms with E-state index < -0.39 is 0 Å². The van der Waals surface area contributed by atoms with Gasteiger partial charge in [0.1, 0.15) is 0 Å². The van der Waals surface area contributed by atoms with Crippen LogP contribution in [-0.2, 0) is 4.79 Å². The summed E-state index contributed by atoms with van der Waals surface area (Å²) in [4.78, 5) is 22.4. The highest BCUT2D eigenvalue weighted by atomic mass is 33.1. The van der Waals surface area contributed by atoms with Crippen molar-refractivity contribution >= 4 is 56.0 Å². The van der Waals surface area contributed by atoms with Crippen molar-refractivity contribution < 1.29 is 4.79 Å². The third-order valence-corrected chi connectivity index (χ3v) is 6.62. The molecule has 1 saturated heterocycles. The fourth-order valence-electron chi connectivity index (χ4n) is 3.15. The van der Waals surface area contributed by atoms with Crippen LogP contribution < -0.4 is 14.5 Å². The molecule has 2 aromatic carbocycles. The van der Waals surface area contributed by atoms with Gasteiger partial charge in [0.15, 0.2) is 6.29 Å². The number of hydrogen-bond acceptors (Lipinski definition) is 6. The third-order valence-electron chi connectivity index (χ3n) is 4.29. The molecular formula is C17H15N5OS2. The average Bonchev–Trinajstić information content (AvgIpc) is 3.15. The summed E-state index contributed by atoms with van der Waals surface area (Å²) in [6, 6.07) is 16.1. The Kier molecular flexibility index (Phi) is 3.53. The molecule has 5 rings (SSSR count). The van der Waals surface area contributed by atoms with Crippen LogP contribution >= 0.6 is 21.8 Å². The minimum atomic E-state index is -0.303. The number of rotatable bonds is 1. The topological polar surface area (TPSA) is 64.3 Å². The highest BCUT2D eigenvalue weighted by Crippen LogP contribution is 2.48. The van der Waals surface area contributed by atoms with E-state index in [1.165, 1.54) is 0 Å². The van der Waals surface area contributed by atoms with Gasteiger partial charge in [-0.05, 0) is 24.3 Å². The molecular weight excluding hydrogens is 354 g/mol. The first-order valence-electron chi connectivity index (χ1n) is 8.02. The lowest BCUT2D eigenvalue weighted by molar-refractivity contribution is -0.121. The van der Waals surface area contributed by atoms with Crippen LogP contribution in [0.2, 0.25) is 0 Å². The molecule has 1 fully saturated rings. The van der Waals surface area contributed by atoms with E-state index in [0.29, 0.717) is 6.42 Å². The fourth-order valence-corrected chi connectivity index (χ4v) is 5.37. The summed E-state index contributed by atoms with van der Waals surface area (Å²) in [6.07, 6.45) is 0.218. The van der Waals surface area contributed by atoms with Crippen molar-refractivity contribution in [2.45, 2.75) is 12.7 Å². The van der Waals surface area contributed by atoms with E-state index in [4.69, 9.17) is 4.98 Å². The standard InChI is InChI=1S/C17H15N5OS2/c23-15-9-10-24-25-22-14-8-4-3-7-13(14)21(17(22)20-15)16-18-11-5-1-2-6-12(11)19-16/h1-8,17H,9-10H2,(H,18,19)(H,20,23). The molecule has 1 amide bonds. The number of fused-ring (bicyclic) bond motifs is 4. The fraction of sp³-hybridized carbons (Fsp3) is 0.176. The predicted octanol–water partition coefficient (Wildman–Crippen LogP) is 3.62. The van der Waals surface area contributed by atoms with Gasteiger partial charge < -0.3 is 10.3 Å². The molecule has 126 valence electrons. The molecule has 0 saturated carbocycles. The van der Waals surface area contributed by atoms with Crippen molar-refractivity contribution in [2.24, 2.45) is 0 Å². The van der Waals surface area contributed by atoms with Crippen LogP contribution in [0.25, 0.3) is 11.0 Å². The van der Waals surface area contributed by atoms with Gasteiger partial charge >= 0.3 is 0 Å². The average molecular weight is 369 g/mol. The monoisotopic (exact) mass is 369 g/mol. The number of aromatic nitrogens is 2. The minimum Gasteiger partial charge on any atom is -0.324 e. The Labute approximate surface area is 152 Å². The smallest absolute Gasteiger partial charge is 0.223 e. The molecule has 0 radical (unpaired) electrons. The normalized spacial score (nSPS) is 20.0. The molecule has 0 bridgehead atoms. The molecule has 2 aliphatic heterocycles. The van der Waals surface area contributed by atoms with Crippen molar-refractivity contribution in [1.82, 2.24) is 15.3 Å². The Morgan fingerprint density at radius 1 is 1.08 bits per heavy atom. The number of carbonyl (C=O) groups is 1. The number of amides is 1. The number of nitrogens with one attached hydrogen (secondary N) is 2. The number of hydrogen-bond donors (Lipinski definition) is 2. The predicted molar refractivity (Wildman–Crippen MR) is 104 cm³/mol. The summed E-state index contributed by atoms with van der Waals surface area (Å²) in [5.41, 5.74) is 4.00. The quantitative estimate of drug-likeness (QED) is 0.505. The van der Waals surface area contributed by atoms with Gasteiger partial charge in [-0.1, -0.05) is 35.1 Å². The van der Waals surface area contributed by atoms with Crippen LogP contribution in [0.4, 0.5) is 17.3 Å². The van der Waals surface area contributed by atoms with Crippen LogP contribution in [0.5, 0.6) is 0 Å². The van der Waals surface area contributed by atoms with Gasteiger partial charge in [-0.2, -0.15) is 0 Å². The second-order valence-corrected chi connectivity index (χ2v) is 8.19. The first kappa shape index (κ1) is 15.0. The molecule has 0 spiro atoms. The number of benzene rings is 2. The number of aromatic amines is 1. The summed E-state index contributed by atoms with van der Waals surface area (Å²) in [6.45, 7) is 0. The molecule has 6 nitrogen and oxygen atoms in total. The Bertz CT molecular complexity index is 926. The Morgan fingerprint density at radius 2 is 1.88 bits per heavy atom. The van der Waals surface area contributed by atoms with Gasteiger partial charge in [0.25, 0.3) is 0 Å². The summed E-state index contributed by atoms with van der Waals surface area (Å²) >= 11 is 0. The molecule has 1 unspecified atom stereocenters. The van der Waals surface area contributed by atoms with Gasteiger partial charge in [-0.3, -0.25) is 14.0 Å². The lowest BCUT2D eigenvalue weighted by Gasteiger charge is -2.32. The van der Waals surface area contributed by atoms with Crippen LogP contribution in [0.15, 0.2) is 48.5 Å². The molecule has 25 heavy (non-hydrogen) atoms. The van der Waals surface area contributed by atoms with Crippen LogP contribution in [0.1, 0.15) is 6.42 Å². The van der Waals surface area contributed by atoms with E-state index in [2.05, 4.69) is 31.6 Å². The maximum Gasteiger partial charge on any atom is 0.223 e. The van der Waals surface area contributed by atoms with Crippen LogP contribution in [-0.4, -0.2) is 27.9 Å². The lowest BCUT2D eigenvalue weighted by Crippen LogP contribution is -2.52. The van der Waals surface area contributed by atoms with Gasteiger partial charge in [-0.15, -0.1) is 0 Å². The van der Waals surface area contributed by atoms with Crippen LogP contribution in [0.3, 0.4) is 0 Å². The third kappa shape index (κ3) is 2.44. The Morgan fingerprint density at radius 3 is 2.76 bits per heavy atom. The van der Waals surface area contributed by atoms with E-state index in [9.17, 15) is 4.79 Å². The second-order valence-electron chi connectivity index (χ2n) is 5.85. The number of anilines is 3. The van der Waals surface area contributed by atoms with Crippen molar-refractivity contribution in [2.75, 3.05) is 15.0 Å². The van der Waals surface area contributed by atoms with E-state index in [1.807, 2.05) is 36.4 Å². The van der Waals surface area contributed by atoms with E-state index >= 15 is 0 Å². The molecule has 2 N–H and O–H groups in total. The molecule has 2 aliphatic rings. The summed E-state index contributed by atoms with van der Waals surface area (Å²) in [5.74, 6) is 1.58. The maximum absolute atomic E-state index is 12.3. The van der Waals surface area contributed by atoms with Crippen molar-refractivity contribution in [3.8, 4) is 0 Å². The first-order valence-corrected chi connectivity index (χ1v) is 10.3. The first-order chi connectivity index (χ1) is 12.3. The largest absolute Gasteiger partial charge is 0.324 e. The maximum atomic E-state index is 12.3. The number of imidazole rings is 1. The second kappa shape index (κ2) is 5.89. The molecule has 3 aromatic rings. The van der Waals surface area contributed by atoms with Crippen molar-refractivity contribution in [1.29, 1.82) is 0 Å². The number of carbonyl (C=O) groups excluding carboxylic acids is 1. The minimum absolute atomic E-state index is 0.0525.